The Labute approximate surface area is 621 Å². The Morgan fingerprint density at radius 2 is 1.45 bits per heavy atom. The van der Waals surface area contributed by atoms with Crippen molar-refractivity contribution in [2.45, 2.75) is 125 Å². The molecule has 562 valence electrons. The van der Waals surface area contributed by atoms with E-state index in [2.05, 4.69) is 66.5 Å². The molecule has 4 amide bonds. The topological polar surface area (TPSA) is 252 Å². The zero-order valence-electron chi connectivity index (χ0n) is 59.6. The Kier molecular flexibility index (Phi) is 26.9. The van der Waals surface area contributed by atoms with Crippen LogP contribution in [-0.2, 0) is 50.3 Å². The third kappa shape index (κ3) is 21.4. The minimum Gasteiger partial charge on any atom is -0.391 e. The molecule has 104 heavy (non-hydrogen) atoms. The van der Waals surface area contributed by atoms with Gasteiger partial charge in [-0.05, 0) is 132 Å². The molecule has 4 aliphatic rings. The first-order chi connectivity index (χ1) is 49.4. The number of allylic oxidation sites excluding steroid dienone is 1. The predicted octanol–water partition coefficient (Wildman–Crippen LogP) is 10.4. The van der Waals surface area contributed by atoms with Gasteiger partial charge in [0.1, 0.15) is 23.6 Å². The molecule has 21 nitrogen and oxygen atoms in total. The maximum atomic E-state index is 14.6. The number of benzene rings is 5. The highest BCUT2D eigenvalue weighted by Crippen LogP contribution is 2.43. The second kappa shape index (κ2) is 35.2. The summed E-state index contributed by atoms with van der Waals surface area (Å²) in [6.45, 7) is 20.0. The number of thioether (sulfide) groups is 1. The van der Waals surface area contributed by atoms with Crippen molar-refractivity contribution < 1.29 is 63.8 Å². The molecule has 5 N–H and O–H groups in total. The number of sulfone groups is 1. The average Bonchev–Trinajstić information content (AvgIpc) is 0.966. The average molecular weight is 1530 g/mol. The van der Waals surface area contributed by atoms with Gasteiger partial charge in [-0.1, -0.05) is 106 Å². The van der Waals surface area contributed by atoms with Crippen molar-refractivity contribution in [3.8, 4) is 10.4 Å². The maximum Gasteiger partial charge on any atom is 0.501 e. The number of β-amino-alcohol motifs (C(OH)–C–C–N with tert-alkyl or cyclic N) is 1. The van der Waals surface area contributed by atoms with Gasteiger partial charge in [-0.25, -0.2) is 26.5 Å². The van der Waals surface area contributed by atoms with Crippen molar-refractivity contribution in [2.75, 3.05) is 121 Å². The van der Waals surface area contributed by atoms with Crippen molar-refractivity contribution in [1.82, 2.24) is 39.9 Å². The normalized spacial score (nSPS) is 18.6. The second-order valence-corrected chi connectivity index (χ2v) is 34.8. The number of anilines is 2. The van der Waals surface area contributed by atoms with Crippen LogP contribution in [0.15, 0.2) is 147 Å². The maximum absolute atomic E-state index is 14.6. The first-order valence-corrected chi connectivity index (χ1v) is 40.3. The van der Waals surface area contributed by atoms with Gasteiger partial charge >= 0.3 is 5.51 Å². The van der Waals surface area contributed by atoms with Gasteiger partial charge in [0.2, 0.25) is 17.7 Å². The van der Waals surface area contributed by atoms with E-state index < -0.39 is 94.1 Å². The first-order valence-electron chi connectivity index (χ1n) is 35.1. The largest absolute Gasteiger partial charge is 0.501 e. The van der Waals surface area contributed by atoms with Gasteiger partial charge in [0.05, 0.1) is 52.6 Å². The summed E-state index contributed by atoms with van der Waals surface area (Å²) in [6, 6.07) is 31.3. The molecule has 1 aromatic heterocycles. The highest BCUT2D eigenvalue weighted by molar-refractivity contribution is 7.99. The summed E-state index contributed by atoms with van der Waals surface area (Å²) < 4.78 is 112. The summed E-state index contributed by atoms with van der Waals surface area (Å²) in [5, 5.41) is 20.1. The number of nitrogens with zero attached hydrogens (tertiary/aromatic N) is 6. The summed E-state index contributed by atoms with van der Waals surface area (Å²) in [4.78, 5) is 69.0. The van der Waals surface area contributed by atoms with Gasteiger partial charge in [-0.15, -0.1) is 23.1 Å². The zero-order valence-corrected chi connectivity index (χ0v) is 63.6. The number of sulfonamides is 1. The molecule has 3 aliphatic heterocycles. The minimum absolute atomic E-state index is 0.0321. The quantitative estimate of drug-likeness (QED) is 0.0208. The molecule has 6 aromatic rings. The molecule has 0 unspecified atom stereocenters. The zero-order chi connectivity index (χ0) is 74.6. The fraction of sp³-hybridized carbons (Fsp3) is 0.480. The van der Waals surface area contributed by atoms with E-state index in [1.54, 1.807) is 49.8 Å². The Morgan fingerprint density at radius 3 is 2.11 bits per heavy atom. The molecular formula is C75H94ClF3N10O11S4. The lowest BCUT2D eigenvalue weighted by Crippen LogP contribution is -2.58. The number of nitrogens with one attached hydrogen (secondary N) is 4. The number of amides is 4. The fourth-order valence-electron chi connectivity index (χ4n) is 13.5. The number of carbonyl (C=O) groups excluding carboxylic acids is 4. The summed E-state index contributed by atoms with van der Waals surface area (Å²) in [5.74, 6) is -2.19. The van der Waals surface area contributed by atoms with E-state index in [0.29, 0.717) is 82.2 Å². The number of piperazine rings is 2. The Balaban J connectivity index is 0.670. The van der Waals surface area contributed by atoms with Gasteiger partial charge in [-0.2, -0.15) is 13.2 Å². The lowest BCUT2D eigenvalue weighted by Gasteiger charge is -2.39. The molecule has 0 radical (unpaired) electrons. The number of alkyl halides is 3. The van der Waals surface area contributed by atoms with E-state index in [9.17, 15) is 54.3 Å². The molecule has 4 atom stereocenters. The third-order valence-electron chi connectivity index (χ3n) is 19.4. The molecule has 1 aliphatic carbocycles. The first kappa shape index (κ1) is 79.6. The Hall–Kier alpha value is -6.96. The fourth-order valence-corrected chi connectivity index (χ4v) is 17.4. The van der Waals surface area contributed by atoms with Crippen molar-refractivity contribution in [2.24, 2.45) is 10.8 Å². The lowest BCUT2D eigenvalue weighted by atomic mass is 9.73. The highest BCUT2D eigenvalue weighted by atomic mass is 35.5. The van der Waals surface area contributed by atoms with Gasteiger partial charge < -0.3 is 45.2 Å². The van der Waals surface area contributed by atoms with Crippen LogP contribution in [0.3, 0.4) is 0 Å². The van der Waals surface area contributed by atoms with E-state index in [1.807, 2.05) is 78.4 Å². The van der Waals surface area contributed by atoms with Crippen LogP contribution in [0.1, 0.15) is 93.9 Å². The molecule has 0 saturated carbocycles. The smallest absolute Gasteiger partial charge is 0.391 e. The summed E-state index contributed by atoms with van der Waals surface area (Å²) in [6.07, 6.45) is 2.58. The number of thiazole rings is 1. The standard InChI is InChI=1S/C75H94ClF3N10O11S4/c1-51-68(102-50-81-51)54-14-12-52(13-15-54)45-80-71(93)65-42-60(90)47-89(65)72(94)69(73(2,3)4)83-67(91)48-100-41-40-99-39-38-86-32-30-85(31-33-86)29-27-58(49-101-61-10-8-7-9-11-61)82-64-25-24-62(43-66(64)103(95,96)75(77,78)79)104(97,98)84-70(92)55-18-22-59(23-19-55)88-36-34-87(35-37-88)46-56-44-74(5,6)28-26-63(56)53-16-20-57(76)21-17-53/h7-25,43,50,58,60,65,69,82,90H,26-42,44-49H2,1-6H3,(H,80,93)(H,83,91)(H,84,92)/t58-,60-,65+,69-/m1/s1. The summed E-state index contributed by atoms with van der Waals surface area (Å²) >= 11 is 9.19. The van der Waals surface area contributed by atoms with Crippen LogP contribution in [0, 0.1) is 17.8 Å². The predicted molar refractivity (Wildman–Crippen MR) is 401 cm³/mol. The number of aromatic nitrogens is 1. The molecule has 5 aromatic carbocycles. The molecular weight excluding hydrogens is 1440 g/mol. The second-order valence-electron chi connectivity index (χ2n) is 28.8. The third-order valence-corrected chi connectivity index (χ3v) is 24.7. The van der Waals surface area contributed by atoms with Crippen molar-refractivity contribution >= 4 is 95.1 Å². The molecule has 29 heteroatoms. The minimum atomic E-state index is -6.16. The van der Waals surface area contributed by atoms with Crippen LogP contribution < -0.4 is 25.6 Å². The van der Waals surface area contributed by atoms with E-state index >= 15 is 0 Å². The van der Waals surface area contributed by atoms with Crippen LogP contribution >= 0.6 is 34.7 Å². The van der Waals surface area contributed by atoms with Crippen LogP contribution in [0.25, 0.3) is 16.0 Å². The molecule has 0 spiro atoms. The number of halogens is 4. The molecule has 10 rings (SSSR count). The van der Waals surface area contributed by atoms with Crippen molar-refractivity contribution in [1.29, 1.82) is 0 Å². The number of aliphatic hydroxyl groups is 1. The molecule has 0 bridgehead atoms. The monoisotopic (exact) mass is 1530 g/mol. The summed E-state index contributed by atoms with van der Waals surface area (Å²) in [5.41, 5.74) is 2.58. The number of hydrogen-bond acceptors (Lipinski definition) is 19. The van der Waals surface area contributed by atoms with Gasteiger partial charge in [0, 0.05) is 124 Å². The molecule has 3 fully saturated rings. The van der Waals surface area contributed by atoms with Crippen LogP contribution in [0.5, 0.6) is 0 Å². The number of hydrogen-bond donors (Lipinski definition) is 5. The van der Waals surface area contributed by atoms with E-state index in [1.165, 1.54) is 45.5 Å². The summed E-state index contributed by atoms with van der Waals surface area (Å²) in [7, 11) is -11.1. The van der Waals surface area contributed by atoms with Crippen molar-refractivity contribution in [3.05, 3.63) is 160 Å². The van der Waals surface area contributed by atoms with Crippen LogP contribution in [0.4, 0.5) is 24.5 Å². The molecule has 4 heterocycles. The number of ether oxygens (including phenoxy) is 2. The van der Waals surface area contributed by atoms with Gasteiger partial charge in [-0.3, -0.25) is 29.0 Å². The number of carbonyl (C=O) groups is 4. The highest BCUT2D eigenvalue weighted by Gasteiger charge is 2.49. The van der Waals surface area contributed by atoms with E-state index in [4.69, 9.17) is 21.1 Å². The SMILES string of the molecule is Cc1ncsc1-c1ccc(CNC(=O)[C@@H]2C[C@@H](O)CN2C(=O)[C@@H](NC(=O)COCCOCCN2CCN(CC[C@H](CSc3ccccc3)Nc3ccc(S(=O)(=O)NC(=O)c4ccc(N5CCN(CC6=C(c7ccc(Cl)cc7)CCC(C)(C)C6)CC5)cc4)cc3S(=O)(=O)C(F)(F)F)CC2)C(C)(C)C)cc1. The van der Waals surface area contributed by atoms with Crippen LogP contribution in [0.2, 0.25) is 5.02 Å². The lowest BCUT2D eigenvalue weighted by molar-refractivity contribution is -0.144. The number of aliphatic hydroxyl groups excluding tert-OH is 1. The number of rotatable bonds is 30. The molecule has 3 saturated heterocycles. The van der Waals surface area contributed by atoms with Gasteiger partial charge in [0.25, 0.3) is 25.8 Å². The number of likely N-dealkylation sites (tertiary alicyclic amines) is 1. The van der Waals surface area contributed by atoms with Crippen molar-refractivity contribution in [3.63, 3.8) is 0 Å². The van der Waals surface area contributed by atoms with Gasteiger partial charge in [0.15, 0.2) is 0 Å². The van der Waals surface area contributed by atoms with E-state index in [-0.39, 0.29) is 50.3 Å². The van der Waals surface area contributed by atoms with E-state index in [0.717, 1.165) is 83.3 Å². The Morgan fingerprint density at radius 1 is 0.798 bits per heavy atom. The van der Waals surface area contributed by atoms with Crippen LogP contribution in [-0.4, -0.2) is 211 Å². The Bertz CT molecular complexity index is 4190. The number of aryl methyl sites for hydroxylation is 1.